The minimum atomic E-state index is -3.37. The van der Waals surface area contributed by atoms with Gasteiger partial charge in [-0.1, -0.05) is 44.4 Å². The molecule has 1 saturated carbocycles. The van der Waals surface area contributed by atoms with Crippen LogP contribution >= 0.6 is 0 Å². The molecule has 2 unspecified atom stereocenters. The van der Waals surface area contributed by atoms with Gasteiger partial charge in [0.1, 0.15) is 0 Å². The largest absolute Gasteiger partial charge is 0.241 e. The summed E-state index contributed by atoms with van der Waals surface area (Å²) in [6, 6.07) is 7.25. The molecule has 19 heavy (non-hydrogen) atoms. The maximum absolute atomic E-state index is 12.4. The molecule has 1 fully saturated rings. The maximum atomic E-state index is 12.4. The Balaban J connectivity index is 2.11. The predicted octanol–water partition coefficient (Wildman–Crippen LogP) is 3.24. The number of sulfonamides is 1. The molecule has 2 rings (SSSR count). The molecule has 0 amide bonds. The van der Waals surface area contributed by atoms with E-state index in [9.17, 15) is 8.42 Å². The highest BCUT2D eigenvalue weighted by Crippen LogP contribution is 2.27. The van der Waals surface area contributed by atoms with Crippen molar-refractivity contribution in [2.45, 2.75) is 56.9 Å². The second kappa shape index (κ2) is 6.06. The fourth-order valence-corrected chi connectivity index (χ4v) is 4.44. The molecule has 0 bridgehead atoms. The first kappa shape index (κ1) is 14.5. The molecule has 1 N–H and O–H groups in total. The quantitative estimate of drug-likeness (QED) is 0.921. The van der Waals surface area contributed by atoms with Crippen LogP contribution in [-0.2, 0) is 10.0 Å². The van der Waals surface area contributed by atoms with Gasteiger partial charge in [-0.2, -0.15) is 0 Å². The first-order valence-electron chi connectivity index (χ1n) is 7.11. The van der Waals surface area contributed by atoms with Crippen molar-refractivity contribution >= 4 is 10.0 Å². The van der Waals surface area contributed by atoms with Crippen molar-refractivity contribution in [1.82, 2.24) is 4.72 Å². The van der Waals surface area contributed by atoms with Crippen molar-refractivity contribution in [1.29, 1.82) is 0 Å². The second-order valence-electron chi connectivity index (χ2n) is 5.52. The van der Waals surface area contributed by atoms with E-state index < -0.39 is 10.0 Å². The van der Waals surface area contributed by atoms with E-state index >= 15 is 0 Å². The van der Waals surface area contributed by atoms with Crippen molar-refractivity contribution in [3.8, 4) is 0 Å². The fraction of sp³-hybridized carbons (Fsp3) is 0.600. The van der Waals surface area contributed by atoms with E-state index in [0.29, 0.717) is 10.8 Å². The second-order valence-corrected chi connectivity index (χ2v) is 7.21. The van der Waals surface area contributed by atoms with E-state index in [1.807, 2.05) is 19.1 Å². The number of nitrogens with one attached hydrogen (secondary N) is 1. The van der Waals surface area contributed by atoms with Gasteiger partial charge in [-0.15, -0.1) is 0 Å². The minimum absolute atomic E-state index is 0.100. The molecule has 1 aromatic rings. The van der Waals surface area contributed by atoms with Crippen LogP contribution in [0.5, 0.6) is 0 Å². The zero-order valence-electron chi connectivity index (χ0n) is 11.7. The summed E-state index contributed by atoms with van der Waals surface area (Å²) in [7, 11) is -3.37. The van der Waals surface area contributed by atoms with Gasteiger partial charge in [0.2, 0.25) is 10.0 Å². The van der Waals surface area contributed by atoms with Gasteiger partial charge in [0, 0.05) is 6.04 Å². The summed E-state index contributed by atoms with van der Waals surface area (Å²) in [6.07, 6.45) is 5.43. The summed E-state index contributed by atoms with van der Waals surface area (Å²) in [5, 5.41) is 0. The van der Waals surface area contributed by atoms with Crippen LogP contribution in [-0.4, -0.2) is 14.5 Å². The van der Waals surface area contributed by atoms with Gasteiger partial charge in [-0.3, -0.25) is 0 Å². The highest BCUT2D eigenvalue weighted by molar-refractivity contribution is 7.89. The Morgan fingerprint density at radius 2 is 2.00 bits per heavy atom. The third kappa shape index (κ3) is 3.57. The monoisotopic (exact) mass is 281 g/mol. The summed E-state index contributed by atoms with van der Waals surface area (Å²) in [5.41, 5.74) is 0.804. The molecule has 0 aromatic heterocycles. The van der Waals surface area contributed by atoms with Crippen LogP contribution < -0.4 is 4.72 Å². The summed E-state index contributed by atoms with van der Waals surface area (Å²) in [4.78, 5) is 0.411. The number of aryl methyl sites for hydroxylation is 1. The molecule has 1 aromatic carbocycles. The van der Waals surface area contributed by atoms with Crippen LogP contribution in [0.15, 0.2) is 29.2 Å². The van der Waals surface area contributed by atoms with Crippen LogP contribution in [0, 0.1) is 12.8 Å². The molecule has 4 heteroatoms. The molecular formula is C15H23NO2S. The zero-order valence-corrected chi connectivity index (χ0v) is 12.5. The van der Waals surface area contributed by atoms with Crippen molar-refractivity contribution in [2.24, 2.45) is 5.92 Å². The SMILES string of the molecule is CCC1CCCC(NS(=O)(=O)c2ccccc2C)C1. The lowest BCUT2D eigenvalue weighted by molar-refractivity contribution is 0.301. The molecule has 106 valence electrons. The van der Waals surface area contributed by atoms with Gasteiger partial charge in [0.05, 0.1) is 4.90 Å². The summed E-state index contributed by atoms with van der Waals surface area (Å²) < 4.78 is 27.7. The van der Waals surface area contributed by atoms with Crippen molar-refractivity contribution in [3.05, 3.63) is 29.8 Å². The Bertz CT molecular complexity index is 525. The van der Waals surface area contributed by atoms with Crippen molar-refractivity contribution in [2.75, 3.05) is 0 Å². The number of benzene rings is 1. The Labute approximate surface area is 116 Å². The molecule has 0 aliphatic heterocycles. The summed E-state index contributed by atoms with van der Waals surface area (Å²) in [5.74, 6) is 0.665. The molecular weight excluding hydrogens is 258 g/mol. The van der Waals surface area contributed by atoms with Gasteiger partial charge < -0.3 is 0 Å². The van der Waals surface area contributed by atoms with Gasteiger partial charge in [-0.05, 0) is 37.3 Å². The van der Waals surface area contributed by atoms with Crippen LogP contribution in [0.25, 0.3) is 0 Å². The molecule has 1 aliphatic carbocycles. The highest BCUT2D eigenvalue weighted by atomic mass is 32.2. The van der Waals surface area contributed by atoms with E-state index in [0.717, 1.165) is 31.2 Å². The maximum Gasteiger partial charge on any atom is 0.241 e. The molecule has 0 spiro atoms. The van der Waals surface area contributed by atoms with Crippen LogP contribution in [0.4, 0.5) is 0 Å². The van der Waals surface area contributed by atoms with Crippen LogP contribution in [0.2, 0.25) is 0 Å². The smallest absolute Gasteiger partial charge is 0.208 e. The van der Waals surface area contributed by atoms with Crippen LogP contribution in [0.3, 0.4) is 0 Å². The van der Waals surface area contributed by atoms with E-state index in [1.54, 1.807) is 12.1 Å². The average Bonchev–Trinajstić information content (AvgIpc) is 2.38. The summed E-state index contributed by atoms with van der Waals surface area (Å²) in [6.45, 7) is 4.02. The Hall–Kier alpha value is -0.870. The average molecular weight is 281 g/mol. The lowest BCUT2D eigenvalue weighted by Gasteiger charge is -2.29. The third-order valence-electron chi connectivity index (χ3n) is 4.07. The Kier molecular flexibility index (Phi) is 4.63. The zero-order chi connectivity index (χ0) is 13.9. The molecule has 0 heterocycles. The first-order valence-corrected chi connectivity index (χ1v) is 8.59. The number of hydrogen-bond donors (Lipinski definition) is 1. The Morgan fingerprint density at radius 3 is 2.68 bits per heavy atom. The molecule has 3 nitrogen and oxygen atoms in total. The van der Waals surface area contributed by atoms with Crippen LogP contribution in [0.1, 0.15) is 44.6 Å². The van der Waals surface area contributed by atoms with Crippen molar-refractivity contribution < 1.29 is 8.42 Å². The van der Waals surface area contributed by atoms with Gasteiger partial charge in [0.25, 0.3) is 0 Å². The van der Waals surface area contributed by atoms with E-state index in [4.69, 9.17) is 0 Å². The van der Waals surface area contributed by atoms with Gasteiger partial charge >= 0.3 is 0 Å². The lowest BCUT2D eigenvalue weighted by Crippen LogP contribution is -2.38. The normalized spacial score (nSPS) is 24.3. The highest BCUT2D eigenvalue weighted by Gasteiger charge is 2.26. The number of rotatable bonds is 4. The fourth-order valence-electron chi connectivity index (χ4n) is 2.91. The lowest BCUT2D eigenvalue weighted by atomic mass is 9.85. The standard InChI is InChI=1S/C15H23NO2S/c1-3-13-8-6-9-14(11-13)16-19(17,18)15-10-5-4-7-12(15)2/h4-5,7,10,13-14,16H,3,6,8-9,11H2,1-2H3. The van der Waals surface area contributed by atoms with E-state index in [2.05, 4.69) is 11.6 Å². The predicted molar refractivity (Wildman–Crippen MR) is 77.5 cm³/mol. The third-order valence-corrected chi connectivity index (χ3v) is 5.75. The van der Waals surface area contributed by atoms with E-state index in [-0.39, 0.29) is 6.04 Å². The minimum Gasteiger partial charge on any atom is -0.208 e. The summed E-state index contributed by atoms with van der Waals surface area (Å²) >= 11 is 0. The molecule has 0 radical (unpaired) electrons. The first-order chi connectivity index (χ1) is 9.03. The topological polar surface area (TPSA) is 46.2 Å². The number of hydrogen-bond acceptors (Lipinski definition) is 2. The van der Waals surface area contributed by atoms with E-state index in [1.165, 1.54) is 6.42 Å². The van der Waals surface area contributed by atoms with Gasteiger partial charge in [-0.25, -0.2) is 13.1 Å². The van der Waals surface area contributed by atoms with Gasteiger partial charge in [0.15, 0.2) is 0 Å². The molecule has 2 atom stereocenters. The Morgan fingerprint density at radius 1 is 1.26 bits per heavy atom. The molecule has 1 aliphatic rings. The molecule has 0 saturated heterocycles. The van der Waals surface area contributed by atoms with Crippen molar-refractivity contribution in [3.63, 3.8) is 0 Å².